The molecule has 1 heterocycles. The molecule has 0 bridgehead atoms. The van der Waals surface area contributed by atoms with E-state index >= 15 is 0 Å². The monoisotopic (exact) mass is 204 g/mol. The number of halogens is 1. The van der Waals surface area contributed by atoms with E-state index in [1.807, 2.05) is 0 Å². The summed E-state index contributed by atoms with van der Waals surface area (Å²) >= 11 is 0. The van der Waals surface area contributed by atoms with Gasteiger partial charge in [-0.25, -0.2) is 14.4 Å². The van der Waals surface area contributed by atoms with Gasteiger partial charge in [0.2, 0.25) is 0 Å². The van der Waals surface area contributed by atoms with Crippen LogP contribution in [0.3, 0.4) is 0 Å². The first-order chi connectivity index (χ1) is 7.33. The molecule has 0 aliphatic heterocycles. The molecule has 0 aliphatic carbocycles. The maximum atomic E-state index is 13.6. The first kappa shape index (κ1) is 9.58. The van der Waals surface area contributed by atoms with E-state index in [0.717, 1.165) is 0 Å². The lowest BCUT2D eigenvalue weighted by Crippen LogP contribution is -1.95. The lowest BCUT2D eigenvalue weighted by molar-refractivity contribution is 0.413. The Morgan fingerprint density at radius 2 is 1.87 bits per heavy atom. The second-order valence-corrected chi connectivity index (χ2v) is 2.89. The van der Waals surface area contributed by atoms with Gasteiger partial charge in [0, 0.05) is 12.4 Å². The average molecular weight is 204 g/mol. The lowest BCUT2D eigenvalue weighted by Gasteiger charge is -2.07. The first-order valence-electron chi connectivity index (χ1n) is 4.43. The Hall–Kier alpha value is -1.97. The zero-order valence-electron chi connectivity index (χ0n) is 8.14. The number of hydrogen-bond donors (Lipinski definition) is 0. The van der Waals surface area contributed by atoms with Crippen molar-refractivity contribution in [2.45, 2.75) is 0 Å². The molecule has 76 valence electrons. The molecule has 0 fully saturated rings. The van der Waals surface area contributed by atoms with Crippen molar-refractivity contribution in [1.29, 1.82) is 0 Å². The first-order valence-corrected chi connectivity index (χ1v) is 4.43. The maximum Gasteiger partial charge on any atom is 0.165 e. The number of rotatable bonds is 2. The smallest absolute Gasteiger partial charge is 0.165 e. The van der Waals surface area contributed by atoms with Gasteiger partial charge in [-0.2, -0.15) is 0 Å². The van der Waals surface area contributed by atoms with Crippen LogP contribution >= 0.6 is 0 Å². The summed E-state index contributed by atoms with van der Waals surface area (Å²) in [4.78, 5) is 7.97. The summed E-state index contributed by atoms with van der Waals surface area (Å²) < 4.78 is 18.6. The molecule has 2 aromatic rings. The number of hydrogen-bond acceptors (Lipinski definition) is 3. The number of aromatic nitrogens is 2. The van der Waals surface area contributed by atoms with Crippen molar-refractivity contribution in [3.05, 3.63) is 42.5 Å². The molecular formula is C11H9FN2O. The van der Waals surface area contributed by atoms with Crippen LogP contribution in [0.25, 0.3) is 11.4 Å². The van der Waals surface area contributed by atoms with E-state index in [9.17, 15) is 4.39 Å². The van der Waals surface area contributed by atoms with Crippen LogP contribution in [0.4, 0.5) is 4.39 Å². The highest BCUT2D eigenvalue weighted by molar-refractivity contribution is 5.64. The fourth-order valence-electron chi connectivity index (χ4n) is 1.32. The summed E-state index contributed by atoms with van der Waals surface area (Å²) in [5.41, 5.74) is 0.292. The van der Waals surface area contributed by atoms with Gasteiger partial charge >= 0.3 is 0 Å². The molecule has 3 nitrogen and oxygen atoms in total. The average Bonchev–Trinajstić information content (AvgIpc) is 2.29. The molecule has 2 rings (SSSR count). The SMILES string of the molecule is COc1cccc(F)c1-c1ncccn1. The van der Waals surface area contributed by atoms with E-state index in [2.05, 4.69) is 9.97 Å². The number of nitrogens with zero attached hydrogens (tertiary/aromatic N) is 2. The second kappa shape index (κ2) is 4.04. The summed E-state index contributed by atoms with van der Waals surface area (Å²) in [6.07, 6.45) is 3.13. The van der Waals surface area contributed by atoms with Crippen LogP contribution in [0.15, 0.2) is 36.7 Å². The van der Waals surface area contributed by atoms with Crippen LogP contribution in [-0.4, -0.2) is 17.1 Å². The predicted octanol–water partition coefficient (Wildman–Crippen LogP) is 2.29. The van der Waals surface area contributed by atoms with Gasteiger partial charge in [0.25, 0.3) is 0 Å². The molecule has 0 amide bonds. The van der Waals surface area contributed by atoms with Crippen molar-refractivity contribution < 1.29 is 9.13 Å². The minimum Gasteiger partial charge on any atom is -0.496 e. The van der Waals surface area contributed by atoms with E-state index in [1.165, 1.54) is 13.2 Å². The van der Waals surface area contributed by atoms with E-state index in [0.29, 0.717) is 17.1 Å². The van der Waals surface area contributed by atoms with Crippen molar-refractivity contribution in [1.82, 2.24) is 9.97 Å². The molecule has 0 spiro atoms. The molecule has 0 radical (unpaired) electrons. The normalized spacial score (nSPS) is 10.0. The second-order valence-electron chi connectivity index (χ2n) is 2.89. The molecule has 4 heteroatoms. The van der Waals surface area contributed by atoms with Gasteiger partial charge in [0.15, 0.2) is 5.82 Å². The van der Waals surface area contributed by atoms with E-state index < -0.39 is 0 Å². The Morgan fingerprint density at radius 1 is 1.13 bits per heavy atom. The van der Waals surface area contributed by atoms with Crippen LogP contribution in [0.1, 0.15) is 0 Å². The van der Waals surface area contributed by atoms with Crippen LogP contribution < -0.4 is 4.74 Å². The van der Waals surface area contributed by atoms with Gasteiger partial charge in [-0.05, 0) is 18.2 Å². The lowest BCUT2D eigenvalue weighted by atomic mass is 10.1. The van der Waals surface area contributed by atoms with Crippen LogP contribution in [0.5, 0.6) is 5.75 Å². The highest BCUT2D eigenvalue weighted by Gasteiger charge is 2.12. The summed E-state index contributed by atoms with van der Waals surface area (Å²) in [7, 11) is 1.49. The van der Waals surface area contributed by atoms with E-state index in [-0.39, 0.29) is 5.82 Å². The van der Waals surface area contributed by atoms with Crippen molar-refractivity contribution in [2.24, 2.45) is 0 Å². The molecule has 0 saturated heterocycles. The fourth-order valence-corrected chi connectivity index (χ4v) is 1.32. The minimum absolute atomic E-state index is 0.292. The van der Waals surface area contributed by atoms with Crippen LogP contribution in [-0.2, 0) is 0 Å². The van der Waals surface area contributed by atoms with Gasteiger partial charge in [0.1, 0.15) is 11.6 Å². The number of methoxy groups -OCH3 is 1. The summed E-state index contributed by atoms with van der Waals surface area (Å²) in [5.74, 6) is 0.370. The molecule has 0 N–H and O–H groups in total. The Balaban J connectivity index is 2.61. The molecule has 0 saturated carbocycles. The summed E-state index contributed by atoms with van der Waals surface area (Å²) in [5, 5.41) is 0. The number of benzene rings is 1. The highest BCUT2D eigenvalue weighted by Crippen LogP contribution is 2.29. The predicted molar refractivity (Wildman–Crippen MR) is 54.0 cm³/mol. The molecule has 1 aromatic carbocycles. The Morgan fingerprint density at radius 3 is 2.53 bits per heavy atom. The van der Waals surface area contributed by atoms with Crippen molar-refractivity contribution >= 4 is 0 Å². The fraction of sp³-hybridized carbons (Fsp3) is 0.0909. The zero-order chi connectivity index (χ0) is 10.7. The Kier molecular flexibility index (Phi) is 2.58. The van der Waals surface area contributed by atoms with Gasteiger partial charge in [-0.15, -0.1) is 0 Å². The van der Waals surface area contributed by atoms with Crippen molar-refractivity contribution in [3.8, 4) is 17.1 Å². The molecule has 0 aliphatic rings. The third kappa shape index (κ3) is 1.79. The third-order valence-corrected chi connectivity index (χ3v) is 1.98. The summed E-state index contributed by atoms with van der Waals surface area (Å²) in [6.45, 7) is 0. The molecule has 15 heavy (non-hydrogen) atoms. The van der Waals surface area contributed by atoms with E-state index in [4.69, 9.17) is 4.74 Å². The zero-order valence-corrected chi connectivity index (χ0v) is 8.14. The van der Waals surface area contributed by atoms with E-state index in [1.54, 1.807) is 30.6 Å². The molecule has 1 aromatic heterocycles. The van der Waals surface area contributed by atoms with Crippen LogP contribution in [0, 0.1) is 5.82 Å². The minimum atomic E-state index is -0.388. The molecule has 0 atom stereocenters. The number of ether oxygens (including phenoxy) is 1. The topological polar surface area (TPSA) is 35.0 Å². The van der Waals surface area contributed by atoms with Crippen molar-refractivity contribution in [2.75, 3.05) is 7.11 Å². The van der Waals surface area contributed by atoms with Gasteiger partial charge in [-0.1, -0.05) is 6.07 Å². The molecular weight excluding hydrogens is 195 g/mol. The largest absolute Gasteiger partial charge is 0.496 e. The van der Waals surface area contributed by atoms with Gasteiger partial charge < -0.3 is 4.74 Å². The van der Waals surface area contributed by atoms with Gasteiger partial charge in [0.05, 0.1) is 12.7 Å². The molecule has 0 unspecified atom stereocenters. The highest BCUT2D eigenvalue weighted by atomic mass is 19.1. The van der Waals surface area contributed by atoms with Gasteiger partial charge in [-0.3, -0.25) is 0 Å². The quantitative estimate of drug-likeness (QED) is 0.752. The Labute approximate surface area is 86.6 Å². The van der Waals surface area contributed by atoms with Crippen molar-refractivity contribution in [3.63, 3.8) is 0 Å². The van der Waals surface area contributed by atoms with Crippen LogP contribution in [0.2, 0.25) is 0 Å². The summed E-state index contributed by atoms with van der Waals surface area (Å²) in [6, 6.07) is 6.29. The maximum absolute atomic E-state index is 13.6. The third-order valence-electron chi connectivity index (χ3n) is 1.98. The Bertz CT molecular complexity index is 459. The standard InChI is InChI=1S/C11H9FN2O/c1-15-9-5-2-4-8(12)10(9)11-13-6-3-7-14-11/h2-7H,1H3.